The zero-order chi connectivity index (χ0) is 14.3. The molecular formula is C15H16N2O3. The minimum Gasteiger partial charge on any atom is -0.480 e. The molecule has 20 heavy (non-hydrogen) atoms. The standard InChI is InChI=1S/C15H16N2O3/c1-9-3-2-4-10-7-11(14(18)16-13(9)10)8-17-6-5-12(17)15(19)20/h2-4,7,12H,5-6,8H2,1H3,(H,16,18)(H,19,20)/t12-/m1/s1. The lowest BCUT2D eigenvalue weighted by molar-refractivity contribution is -0.148. The fourth-order valence-electron chi connectivity index (χ4n) is 2.67. The van der Waals surface area contributed by atoms with E-state index in [0.717, 1.165) is 23.0 Å². The van der Waals surface area contributed by atoms with Crippen LogP contribution in [0.1, 0.15) is 17.5 Å². The van der Waals surface area contributed by atoms with E-state index in [1.54, 1.807) is 0 Å². The van der Waals surface area contributed by atoms with Crippen molar-refractivity contribution in [1.29, 1.82) is 0 Å². The Kier molecular flexibility index (Phi) is 3.06. The summed E-state index contributed by atoms with van der Waals surface area (Å²) in [5.41, 5.74) is 2.36. The predicted octanol–water partition coefficient (Wildman–Crippen LogP) is 1.50. The van der Waals surface area contributed by atoms with Crippen molar-refractivity contribution in [3.05, 3.63) is 45.7 Å². The topological polar surface area (TPSA) is 73.4 Å². The summed E-state index contributed by atoms with van der Waals surface area (Å²) < 4.78 is 0. The number of benzene rings is 1. The molecule has 5 heteroatoms. The Labute approximate surface area is 115 Å². The lowest BCUT2D eigenvalue weighted by Gasteiger charge is -2.37. The molecule has 1 aliphatic rings. The number of carbonyl (C=O) groups is 1. The number of nitrogens with zero attached hydrogens (tertiary/aromatic N) is 1. The van der Waals surface area contributed by atoms with Gasteiger partial charge in [0.25, 0.3) is 5.56 Å². The molecule has 5 nitrogen and oxygen atoms in total. The molecule has 2 heterocycles. The van der Waals surface area contributed by atoms with Crippen LogP contribution < -0.4 is 5.56 Å². The molecule has 0 amide bonds. The van der Waals surface area contributed by atoms with E-state index in [2.05, 4.69) is 4.98 Å². The minimum atomic E-state index is -0.815. The zero-order valence-corrected chi connectivity index (χ0v) is 11.2. The number of aromatic amines is 1. The van der Waals surface area contributed by atoms with Crippen molar-refractivity contribution in [3.8, 4) is 0 Å². The van der Waals surface area contributed by atoms with Crippen molar-refractivity contribution in [3.63, 3.8) is 0 Å². The number of para-hydroxylation sites is 1. The molecule has 3 rings (SSSR count). The van der Waals surface area contributed by atoms with E-state index >= 15 is 0 Å². The zero-order valence-electron chi connectivity index (χ0n) is 11.2. The molecule has 1 saturated heterocycles. The average molecular weight is 272 g/mol. The molecule has 0 spiro atoms. The number of nitrogens with one attached hydrogen (secondary N) is 1. The molecule has 1 aromatic heterocycles. The van der Waals surface area contributed by atoms with Crippen molar-refractivity contribution in [1.82, 2.24) is 9.88 Å². The average Bonchev–Trinajstić information content (AvgIpc) is 2.35. The van der Waals surface area contributed by atoms with E-state index in [4.69, 9.17) is 5.11 Å². The Balaban J connectivity index is 1.94. The summed E-state index contributed by atoms with van der Waals surface area (Å²) >= 11 is 0. The molecule has 0 bridgehead atoms. The van der Waals surface area contributed by atoms with Gasteiger partial charge in [-0.3, -0.25) is 14.5 Å². The molecule has 1 aromatic carbocycles. The highest BCUT2D eigenvalue weighted by Gasteiger charge is 2.34. The van der Waals surface area contributed by atoms with Gasteiger partial charge in [-0.1, -0.05) is 18.2 Å². The molecule has 104 valence electrons. The molecule has 1 aliphatic heterocycles. The molecule has 0 radical (unpaired) electrons. The van der Waals surface area contributed by atoms with Gasteiger partial charge in [0.15, 0.2) is 0 Å². The molecule has 0 unspecified atom stereocenters. The largest absolute Gasteiger partial charge is 0.480 e. The second kappa shape index (κ2) is 4.76. The van der Waals surface area contributed by atoms with E-state index in [9.17, 15) is 9.59 Å². The van der Waals surface area contributed by atoms with Crippen LogP contribution in [0.4, 0.5) is 0 Å². The number of hydrogen-bond acceptors (Lipinski definition) is 3. The van der Waals surface area contributed by atoms with Crippen LogP contribution in [0.3, 0.4) is 0 Å². The van der Waals surface area contributed by atoms with Gasteiger partial charge in [0.05, 0.1) is 5.52 Å². The van der Waals surface area contributed by atoms with Gasteiger partial charge < -0.3 is 10.1 Å². The summed E-state index contributed by atoms with van der Waals surface area (Å²) in [5, 5.41) is 10.0. The number of carboxylic acid groups (broad SMARTS) is 1. The van der Waals surface area contributed by atoms with E-state index in [1.165, 1.54) is 0 Å². The van der Waals surface area contributed by atoms with Gasteiger partial charge in [-0.15, -0.1) is 0 Å². The third kappa shape index (κ3) is 2.10. The molecular weight excluding hydrogens is 256 g/mol. The summed E-state index contributed by atoms with van der Waals surface area (Å²) in [5.74, 6) is -0.815. The lowest BCUT2D eigenvalue weighted by atomic mass is 10.0. The number of pyridine rings is 1. The van der Waals surface area contributed by atoms with Crippen LogP contribution in [-0.2, 0) is 11.3 Å². The van der Waals surface area contributed by atoms with Gasteiger partial charge >= 0.3 is 5.97 Å². The molecule has 2 N–H and O–H groups in total. The Morgan fingerprint density at radius 3 is 2.95 bits per heavy atom. The Morgan fingerprint density at radius 1 is 1.50 bits per heavy atom. The highest BCUT2D eigenvalue weighted by atomic mass is 16.4. The van der Waals surface area contributed by atoms with Crippen molar-refractivity contribution >= 4 is 16.9 Å². The van der Waals surface area contributed by atoms with Crippen LogP contribution in [0.5, 0.6) is 0 Å². The van der Waals surface area contributed by atoms with Crippen LogP contribution >= 0.6 is 0 Å². The monoisotopic (exact) mass is 272 g/mol. The van der Waals surface area contributed by atoms with Gasteiger partial charge in [-0.25, -0.2) is 0 Å². The maximum Gasteiger partial charge on any atom is 0.320 e. The summed E-state index contributed by atoms with van der Waals surface area (Å²) in [6, 6.07) is 7.25. The first-order valence-corrected chi connectivity index (χ1v) is 6.64. The fourth-order valence-corrected chi connectivity index (χ4v) is 2.67. The number of likely N-dealkylation sites (tertiary alicyclic amines) is 1. The minimum absolute atomic E-state index is 0.136. The van der Waals surface area contributed by atoms with Crippen LogP contribution in [0.25, 0.3) is 10.9 Å². The normalized spacial score (nSPS) is 18.9. The predicted molar refractivity (Wildman–Crippen MR) is 75.8 cm³/mol. The van der Waals surface area contributed by atoms with Gasteiger partial charge in [-0.05, 0) is 30.4 Å². The van der Waals surface area contributed by atoms with Crippen LogP contribution in [0.2, 0.25) is 0 Å². The number of fused-ring (bicyclic) bond motifs is 1. The Hall–Kier alpha value is -2.14. The molecule has 1 atom stereocenters. The molecule has 1 fully saturated rings. The van der Waals surface area contributed by atoms with Crippen molar-refractivity contribution < 1.29 is 9.90 Å². The van der Waals surface area contributed by atoms with Crippen molar-refractivity contribution in [2.24, 2.45) is 0 Å². The first-order chi connectivity index (χ1) is 9.56. The summed E-state index contributed by atoms with van der Waals surface area (Å²) in [6.07, 6.45) is 0.653. The first kappa shape index (κ1) is 12.9. The lowest BCUT2D eigenvalue weighted by Crippen LogP contribution is -2.52. The van der Waals surface area contributed by atoms with Gasteiger partial charge in [-0.2, -0.15) is 0 Å². The summed E-state index contributed by atoms with van der Waals surface area (Å²) in [6.45, 7) is 3.06. The maximum absolute atomic E-state index is 12.1. The number of hydrogen-bond donors (Lipinski definition) is 2. The second-order valence-electron chi connectivity index (χ2n) is 5.28. The molecule has 0 saturated carbocycles. The highest BCUT2D eigenvalue weighted by molar-refractivity contribution is 5.82. The third-order valence-electron chi connectivity index (χ3n) is 3.95. The number of aromatic nitrogens is 1. The second-order valence-corrected chi connectivity index (χ2v) is 5.28. The quantitative estimate of drug-likeness (QED) is 0.888. The first-order valence-electron chi connectivity index (χ1n) is 6.64. The van der Waals surface area contributed by atoms with E-state index in [-0.39, 0.29) is 5.56 Å². The fraction of sp³-hybridized carbons (Fsp3) is 0.333. The smallest absolute Gasteiger partial charge is 0.320 e. The summed E-state index contributed by atoms with van der Waals surface area (Å²) in [4.78, 5) is 27.8. The Bertz CT molecular complexity index is 735. The number of carboxylic acids is 1. The van der Waals surface area contributed by atoms with Crippen LogP contribution in [-0.4, -0.2) is 33.5 Å². The number of H-pyrrole nitrogens is 1. The third-order valence-corrected chi connectivity index (χ3v) is 3.95. The van der Waals surface area contributed by atoms with E-state index < -0.39 is 12.0 Å². The Morgan fingerprint density at radius 2 is 2.30 bits per heavy atom. The molecule has 0 aliphatic carbocycles. The van der Waals surface area contributed by atoms with E-state index in [1.807, 2.05) is 36.1 Å². The molecule has 2 aromatic rings. The van der Waals surface area contributed by atoms with Gasteiger partial charge in [0.1, 0.15) is 6.04 Å². The van der Waals surface area contributed by atoms with Crippen molar-refractivity contribution in [2.45, 2.75) is 25.9 Å². The maximum atomic E-state index is 12.1. The highest BCUT2D eigenvalue weighted by Crippen LogP contribution is 2.21. The van der Waals surface area contributed by atoms with E-state index in [0.29, 0.717) is 18.5 Å². The number of aryl methyl sites for hydroxylation is 1. The van der Waals surface area contributed by atoms with Crippen LogP contribution in [0.15, 0.2) is 29.1 Å². The van der Waals surface area contributed by atoms with Gasteiger partial charge in [0, 0.05) is 18.7 Å². The SMILES string of the molecule is Cc1cccc2cc(CN3CC[C@@H]3C(=O)O)c(=O)[nH]c12. The summed E-state index contributed by atoms with van der Waals surface area (Å²) in [7, 11) is 0. The number of aliphatic carboxylic acids is 1. The van der Waals surface area contributed by atoms with Crippen LogP contribution in [0, 0.1) is 6.92 Å². The number of rotatable bonds is 3. The van der Waals surface area contributed by atoms with Crippen molar-refractivity contribution in [2.75, 3.05) is 6.54 Å². The van der Waals surface area contributed by atoms with Gasteiger partial charge in [0.2, 0.25) is 0 Å².